The second-order valence-corrected chi connectivity index (χ2v) is 4.22. The Balaban J connectivity index is 2.71. The molecule has 0 aliphatic rings. The highest BCUT2D eigenvalue weighted by molar-refractivity contribution is 5.17. The molecule has 15 heavy (non-hydrogen) atoms. The molecule has 2 N–H and O–H groups in total. The molecule has 2 heteroatoms. The summed E-state index contributed by atoms with van der Waals surface area (Å²) >= 11 is 0. The Morgan fingerprint density at radius 3 is 2.20 bits per heavy atom. The molecule has 0 aliphatic heterocycles. The van der Waals surface area contributed by atoms with Gasteiger partial charge in [-0.2, -0.15) is 0 Å². The molecule has 0 bridgehead atoms. The molecule has 0 spiro atoms. The molecule has 0 saturated carbocycles. The molecule has 1 rings (SSSR count). The van der Waals surface area contributed by atoms with Gasteiger partial charge >= 0.3 is 0 Å². The standard InChI is InChI=1S/C13H22N2/c1-4-11(5-2)13(14)10(3)12-6-8-15-9-7-12/h6-11,13H,4-5,14H2,1-3H3. The van der Waals surface area contributed by atoms with E-state index in [-0.39, 0.29) is 6.04 Å². The molecule has 0 saturated heterocycles. The number of nitrogens with zero attached hydrogens (tertiary/aromatic N) is 1. The molecular formula is C13H22N2. The summed E-state index contributed by atoms with van der Waals surface area (Å²) < 4.78 is 0. The van der Waals surface area contributed by atoms with Crippen LogP contribution in [0.1, 0.15) is 45.1 Å². The van der Waals surface area contributed by atoms with Crippen LogP contribution in [0.5, 0.6) is 0 Å². The number of aromatic nitrogens is 1. The lowest BCUT2D eigenvalue weighted by molar-refractivity contribution is 0.357. The molecule has 0 fully saturated rings. The number of rotatable bonds is 5. The molecule has 2 nitrogen and oxygen atoms in total. The van der Waals surface area contributed by atoms with Gasteiger partial charge in [-0.1, -0.05) is 33.6 Å². The van der Waals surface area contributed by atoms with E-state index >= 15 is 0 Å². The second-order valence-electron chi connectivity index (χ2n) is 4.22. The number of hydrogen-bond acceptors (Lipinski definition) is 2. The Bertz CT molecular complexity index is 267. The first-order valence-electron chi connectivity index (χ1n) is 5.86. The average Bonchev–Trinajstić information content (AvgIpc) is 2.30. The maximum atomic E-state index is 6.29. The van der Waals surface area contributed by atoms with Gasteiger partial charge in [0.05, 0.1) is 0 Å². The quantitative estimate of drug-likeness (QED) is 0.804. The van der Waals surface area contributed by atoms with Crippen LogP contribution in [-0.4, -0.2) is 11.0 Å². The Morgan fingerprint density at radius 2 is 1.73 bits per heavy atom. The largest absolute Gasteiger partial charge is 0.327 e. The van der Waals surface area contributed by atoms with Gasteiger partial charge in [0.15, 0.2) is 0 Å². The third kappa shape index (κ3) is 3.03. The van der Waals surface area contributed by atoms with Crippen LogP contribution in [0.2, 0.25) is 0 Å². The van der Waals surface area contributed by atoms with E-state index in [0.717, 1.165) is 12.8 Å². The summed E-state index contributed by atoms with van der Waals surface area (Å²) in [5.41, 5.74) is 7.59. The Kier molecular flexibility index (Phi) is 4.76. The fraction of sp³-hybridized carbons (Fsp3) is 0.615. The molecule has 2 atom stereocenters. The van der Waals surface area contributed by atoms with Crippen molar-refractivity contribution in [3.63, 3.8) is 0 Å². The van der Waals surface area contributed by atoms with E-state index < -0.39 is 0 Å². The molecular weight excluding hydrogens is 184 g/mol. The number of hydrogen-bond donors (Lipinski definition) is 1. The summed E-state index contributed by atoms with van der Waals surface area (Å²) in [7, 11) is 0. The minimum atomic E-state index is 0.252. The van der Waals surface area contributed by atoms with Gasteiger partial charge in [-0.15, -0.1) is 0 Å². The minimum absolute atomic E-state index is 0.252. The molecule has 0 aromatic carbocycles. The zero-order valence-corrected chi connectivity index (χ0v) is 9.98. The van der Waals surface area contributed by atoms with Gasteiger partial charge in [0, 0.05) is 18.4 Å². The predicted octanol–water partition coefficient (Wildman–Crippen LogP) is 2.95. The normalized spacial score (nSPS) is 15.3. The first kappa shape index (κ1) is 12.2. The summed E-state index contributed by atoms with van der Waals surface area (Å²) in [6.07, 6.45) is 6.00. The maximum absolute atomic E-state index is 6.29. The third-order valence-electron chi connectivity index (χ3n) is 3.40. The Labute approximate surface area is 92.9 Å². The van der Waals surface area contributed by atoms with Gasteiger partial charge in [0.1, 0.15) is 0 Å². The van der Waals surface area contributed by atoms with Crippen LogP contribution in [0.25, 0.3) is 0 Å². The van der Waals surface area contributed by atoms with E-state index in [1.165, 1.54) is 5.56 Å². The van der Waals surface area contributed by atoms with Crippen molar-refractivity contribution in [1.82, 2.24) is 4.98 Å². The molecule has 84 valence electrons. The van der Waals surface area contributed by atoms with Crippen LogP contribution >= 0.6 is 0 Å². The summed E-state index contributed by atoms with van der Waals surface area (Å²) in [5, 5.41) is 0. The van der Waals surface area contributed by atoms with Gasteiger partial charge in [0.25, 0.3) is 0 Å². The topological polar surface area (TPSA) is 38.9 Å². The van der Waals surface area contributed by atoms with Crippen LogP contribution in [0.15, 0.2) is 24.5 Å². The highest BCUT2D eigenvalue weighted by atomic mass is 14.7. The lowest BCUT2D eigenvalue weighted by atomic mass is 9.83. The molecule has 0 amide bonds. The lowest BCUT2D eigenvalue weighted by Gasteiger charge is -2.27. The molecule has 1 aromatic heterocycles. The van der Waals surface area contributed by atoms with E-state index in [1.54, 1.807) is 0 Å². The van der Waals surface area contributed by atoms with Crippen molar-refractivity contribution in [2.45, 2.75) is 45.6 Å². The molecule has 1 heterocycles. The highest BCUT2D eigenvalue weighted by Crippen LogP contribution is 2.25. The predicted molar refractivity (Wildman–Crippen MR) is 64.7 cm³/mol. The van der Waals surface area contributed by atoms with E-state index in [1.807, 2.05) is 12.4 Å². The molecule has 1 aromatic rings. The van der Waals surface area contributed by atoms with E-state index in [4.69, 9.17) is 5.73 Å². The van der Waals surface area contributed by atoms with Crippen molar-refractivity contribution in [2.24, 2.45) is 11.7 Å². The fourth-order valence-corrected chi connectivity index (χ4v) is 2.13. The molecule has 0 radical (unpaired) electrons. The lowest BCUT2D eigenvalue weighted by Crippen LogP contribution is -2.34. The summed E-state index contributed by atoms with van der Waals surface area (Å²) in [5.74, 6) is 1.03. The fourth-order valence-electron chi connectivity index (χ4n) is 2.13. The minimum Gasteiger partial charge on any atom is -0.327 e. The van der Waals surface area contributed by atoms with Crippen LogP contribution < -0.4 is 5.73 Å². The van der Waals surface area contributed by atoms with E-state index in [9.17, 15) is 0 Å². The Hall–Kier alpha value is -0.890. The van der Waals surface area contributed by atoms with Crippen molar-refractivity contribution >= 4 is 0 Å². The first-order chi connectivity index (χ1) is 7.20. The van der Waals surface area contributed by atoms with Crippen molar-refractivity contribution in [3.8, 4) is 0 Å². The smallest absolute Gasteiger partial charge is 0.0270 e. The van der Waals surface area contributed by atoms with E-state index in [2.05, 4.69) is 37.9 Å². The number of nitrogens with two attached hydrogens (primary N) is 1. The zero-order valence-electron chi connectivity index (χ0n) is 9.98. The second kappa shape index (κ2) is 5.86. The van der Waals surface area contributed by atoms with Crippen LogP contribution in [-0.2, 0) is 0 Å². The SMILES string of the molecule is CCC(CC)C(N)C(C)c1ccncc1. The van der Waals surface area contributed by atoms with Gasteiger partial charge in [0.2, 0.25) is 0 Å². The third-order valence-corrected chi connectivity index (χ3v) is 3.40. The van der Waals surface area contributed by atoms with E-state index in [0.29, 0.717) is 11.8 Å². The monoisotopic (exact) mass is 206 g/mol. The van der Waals surface area contributed by atoms with Crippen molar-refractivity contribution < 1.29 is 0 Å². The number of pyridine rings is 1. The van der Waals surface area contributed by atoms with Crippen molar-refractivity contribution in [3.05, 3.63) is 30.1 Å². The van der Waals surface area contributed by atoms with Gasteiger partial charge in [-0.3, -0.25) is 4.98 Å². The zero-order chi connectivity index (χ0) is 11.3. The summed E-state index contributed by atoms with van der Waals surface area (Å²) in [6, 6.07) is 4.38. The van der Waals surface area contributed by atoms with Crippen molar-refractivity contribution in [2.75, 3.05) is 0 Å². The van der Waals surface area contributed by atoms with Gasteiger partial charge < -0.3 is 5.73 Å². The summed E-state index contributed by atoms with van der Waals surface area (Å²) in [4.78, 5) is 4.03. The van der Waals surface area contributed by atoms with Gasteiger partial charge in [-0.25, -0.2) is 0 Å². The van der Waals surface area contributed by atoms with Crippen molar-refractivity contribution in [1.29, 1.82) is 0 Å². The molecule has 2 unspecified atom stereocenters. The highest BCUT2D eigenvalue weighted by Gasteiger charge is 2.21. The van der Waals surface area contributed by atoms with Crippen LogP contribution in [0.3, 0.4) is 0 Å². The average molecular weight is 206 g/mol. The summed E-state index contributed by atoms with van der Waals surface area (Å²) in [6.45, 7) is 6.64. The maximum Gasteiger partial charge on any atom is 0.0270 e. The van der Waals surface area contributed by atoms with Crippen LogP contribution in [0, 0.1) is 5.92 Å². The van der Waals surface area contributed by atoms with Gasteiger partial charge in [-0.05, 0) is 29.5 Å². The Morgan fingerprint density at radius 1 is 1.20 bits per heavy atom. The van der Waals surface area contributed by atoms with Crippen LogP contribution in [0.4, 0.5) is 0 Å². The first-order valence-corrected chi connectivity index (χ1v) is 5.86. The molecule has 0 aliphatic carbocycles.